The molecule has 0 radical (unpaired) electrons. The number of aryl methyl sites for hydroxylation is 1. The maximum absolute atomic E-state index is 12.2. The van der Waals surface area contributed by atoms with Gasteiger partial charge in [-0.25, -0.2) is 4.79 Å². The van der Waals surface area contributed by atoms with Crippen LogP contribution >= 0.6 is 11.3 Å². The SMILES string of the molecule is CCCCCCCCc1ccc(OCC(=O)c2cc(C(=O)OC)cs2)cc1. The van der Waals surface area contributed by atoms with Gasteiger partial charge >= 0.3 is 5.97 Å². The minimum atomic E-state index is -0.438. The van der Waals surface area contributed by atoms with Gasteiger partial charge in [-0.05, 0) is 36.6 Å². The lowest BCUT2D eigenvalue weighted by Gasteiger charge is -2.06. The van der Waals surface area contributed by atoms with E-state index in [9.17, 15) is 9.59 Å². The van der Waals surface area contributed by atoms with E-state index in [1.54, 1.807) is 11.4 Å². The van der Waals surface area contributed by atoms with Crippen LogP contribution in [0, 0.1) is 0 Å². The van der Waals surface area contributed by atoms with Crippen molar-refractivity contribution < 1.29 is 19.1 Å². The van der Waals surface area contributed by atoms with Crippen molar-refractivity contribution in [3.63, 3.8) is 0 Å². The summed E-state index contributed by atoms with van der Waals surface area (Å²) in [5, 5.41) is 1.62. The van der Waals surface area contributed by atoms with E-state index in [-0.39, 0.29) is 12.4 Å². The molecule has 0 bridgehead atoms. The summed E-state index contributed by atoms with van der Waals surface area (Å²) >= 11 is 1.22. The quantitative estimate of drug-likeness (QED) is 0.266. The summed E-state index contributed by atoms with van der Waals surface area (Å²) in [5.74, 6) is 0.0956. The maximum atomic E-state index is 12.2. The molecule has 27 heavy (non-hydrogen) atoms. The summed E-state index contributed by atoms with van der Waals surface area (Å²) in [7, 11) is 1.32. The molecule has 0 aliphatic rings. The number of thiophene rings is 1. The third-order valence-corrected chi connectivity index (χ3v) is 5.38. The summed E-state index contributed by atoms with van der Waals surface area (Å²) in [5.41, 5.74) is 1.69. The van der Waals surface area contributed by atoms with Crippen LogP contribution < -0.4 is 4.74 Å². The van der Waals surface area contributed by atoms with Crippen LogP contribution in [0.15, 0.2) is 35.7 Å². The van der Waals surface area contributed by atoms with Crippen molar-refractivity contribution in [3.05, 3.63) is 51.7 Å². The molecule has 0 fully saturated rings. The topological polar surface area (TPSA) is 52.6 Å². The lowest BCUT2D eigenvalue weighted by Crippen LogP contribution is -2.10. The molecule has 0 saturated heterocycles. The molecule has 0 amide bonds. The number of methoxy groups -OCH3 is 1. The third kappa shape index (κ3) is 7.18. The standard InChI is InChI=1S/C22H28O4S/c1-3-4-5-6-7-8-9-17-10-12-19(13-11-17)26-15-20(23)21-14-18(16-27-21)22(24)25-2/h10-14,16H,3-9,15H2,1-2H3. The van der Waals surface area contributed by atoms with Crippen molar-refractivity contribution in [3.8, 4) is 5.75 Å². The van der Waals surface area contributed by atoms with E-state index in [2.05, 4.69) is 23.8 Å². The van der Waals surface area contributed by atoms with Gasteiger partial charge in [0.15, 0.2) is 6.61 Å². The molecule has 1 aromatic heterocycles. The third-order valence-electron chi connectivity index (χ3n) is 4.41. The smallest absolute Gasteiger partial charge is 0.338 e. The Hall–Kier alpha value is -2.14. The molecule has 4 nitrogen and oxygen atoms in total. The minimum Gasteiger partial charge on any atom is -0.485 e. The zero-order valence-electron chi connectivity index (χ0n) is 16.2. The first kappa shape index (κ1) is 21.2. The van der Waals surface area contributed by atoms with E-state index in [4.69, 9.17) is 4.74 Å². The summed E-state index contributed by atoms with van der Waals surface area (Å²) in [6, 6.07) is 9.49. The van der Waals surface area contributed by atoms with Gasteiger partial charge in [-0.3, -0.25) is 4.79 Å². The number of carbonyl (C=O) groups excluding carboxylic acids is 2. The van der Waals surface area contributed by atoms with E-state index in [0.717, 1.165) is 6.42 Å². The Balaban J connectivity index is 1.73. The zero-order valence-corrected chi connectivity index (χ0v) is 17.0. The fourth-order valence-electron chi connectivity index (χ4n) is 2.79. The summed E-state index contributed by atoms with van der Waals surface area (Å²) in [6.07, 6.45) is 8.84. The highest BCUT2D eigenvalue weighted by Gasteiger charge is 2.14. The fourth-order valence-corrected chi connectivity index (χ4v) is 3.59. The van der Waals surface area contributed by atoms with Crippen LogP contribution in [-0.4, -0.2) is 25.5 Å². The fraction of sp³-hybridized carbons (Fsp3) is 0.455. The number of Topliss-reactive ketones (excluding diaryl/α,β-unsaturated/α-hetero) is 1. The lowest BCUT2D eigenvalue weighted by molar-refractivity contribution is 0.0601. The van der Waals surface area contributed by atoms with Gasteiger partial charge in [0.2, 0.25) is 5.78 Å². The molecular weight excluding hydrogens is 360 g/mol. The Bertz CT molecular complexity index is 718. The van der Waals surface area contributed by atoms with E-state index < -0.39 is 5.97 Å². The molecule has 0 unspecified atom stereocenters. The van der Waals surface area contributed by atoms with Crippen molar-refractivity contribution in [1.82, 2.24) is 0 Å². The van der Waals surface area contributed by atoms with Gasteiger partial charge in [-0.2, -0.15) is 0 Å². The molecule has 0 aliphatic heterocycles. The first-order valence-corrected chi connectivity index (χ1v) is 10.4. The highest BCUT2D eigenvalue weighted by Crippen LogP contribution is 2.18. The summed E-state index contributed by atoms with van der Waals surface area (Å²) in [6.45, 7) is 2.19. The van der Waals surface area contributed by atoms with Crippen molar-refractivity contribution in [2.75, 3.05) is 13.7 Å². The molecule has 5 heteroatoms. The van der Waals surface area contributed by atoms with Crippen LogP contribution in [0.4, 0.5) is 0 Å². The van der Waals surface area contributed by atoms with Crippen molar-refractivity contribution >= 4 is 23.1 Å². The Morgan fingerprint density at radius 2 is 1.70 bits per heavy atom. The summed E-state index contributed by atoms with van der Waals surface area (Å²) < 4.78 is 10.2. The first-order valence-electron chi connectivity index (χ1n) is 9.55. The molecule has 1 heterocycles. The van der Waals surface area contributed by atoms with Crippen molar-refractivity contribution in [2.24, 2.45) is 0 Å². The maximum Gasteiger partial charge on any atom is 0.338 e. The number of unbranched alkanes of at least 4 members (excludes halogenated alkanes) is 5. The lowest BCUT2D eigenvalue weighted by atomic mass is 10.0. The predicted molar refractivity (Wildman–Crippen MR) is 109 cm³/mol. The van der Waals surface area contributed by atoms with Crippen LogP contribution in [0.5, 0.6) is 5.75 Å². The van der Waals surface area contributed by atoms with Crippen LogP contribution in [-0.2, 0) is 11.2 Å². The average molecular weight is 389 g/mol. The molecule has 0 saturated carbocycles. The second-order valence-corrected chi connectivity index (χ2v) is 7.48. The van der Waals surface area contributed by atoms with Gasteiger partial charge in [-0.15, -0.1) is 11.3 Å². The number of benzene rings is 1. The zero-order chi connectivity index (χ0) is 19.5. The normalized spacial score (nSPS) is 10.6. The molecule has 0 atom stereocenters. The van der Waals surface area contributed by atoms with Crippen LogP contribution in [0.3, 0.4) is 0 Å². The van der Waals surface area contributed by atoms with Gasteiger partial charge in [0.25, 0.3) is 0 Å². The van der Waals surface area contributed by atoms with Gasteiger partial charge in [0, 0.05) is 5.38 Å². The second kappa shape index (κ2) is 11.5. The first-order chi connectivity index (χ1) is 13.1. The Labute approximate surface area is 165 Å². The number of hydrogen-bond acceptors (Lipinski definition) is 5. The monoisotopic (exact) mass is 388 g/mol. The number of esters is 1. The highest BCUT2D eigenvalue weighted by molar-refractivity contribution is 7.12. The number of rotatable bonds is 12. The van der Waals surface area contributed by atoms with E-state index in [0.29, 0.717) is 16.2 Å². The molecule has 2 aromatic rings. The van der Waals surface area contributed by atoms with Crippen molar-refractivity contribution in [1.29, 1.82) is 0 Å². The number of carbonyl (C=O) groups is 2. The minimum absolute atomic E-state index is 0.0437. The van der Waals surface area contributed by atoms with Crippen LogP contribution in [0.1, 0.15) is 71.0 Å². The Morgan fingerprint density at radius 1 is 1.00 bits per heavy atom. The molecule has 146 valence electrons. The van der Waals surface area contributed by atoms with Crippen LogP contribution in [0.25, 0.3) is 0 Å². The van der Waals surface area contributed by atoms with Gasteiger partial charge in [0.05, 0.1) is 17.6 Å². The molecule has 0 spiro atoms. The van der Waals surface area contributed by atoms with Gasteiger partial charge in [-0.1, -0.05) is 51.2 Å². The number of ether oxygens (including phenoxy) is 2. The van der Waals surface area contributed by atoms with E-state index >= 15 is 0 Å². The van der Waals surface area contributed by atoms with Crippen molar-refractivity contribution in [2.45, 2.75) is 51.9 Å². The number of hydrogen-bond donors (Lipinski definition) is 0. The average Bonchev–Trinajstić information content (AvgIpc) is 3.19. The molecule has 0 aliphatic carbocycles. The Morgan fingerprint density at radius 3 is 2.41 bits per heavy atom. The van der Waals surface area contributed by atoms with Gasteiger partial charge < -0.3 is 9.47 Å². The second-order valence-electron chi connectivity index (χ2n) is 6.56. The highest BCUT2D eigenvalue weighted by atomic mass is 32.1. The van der Waals surface area contributed by atoms with Gasteiger partial charge in [0.1, 0.15) is 5.75 Å². The molecule has 1 aromatic carbocycles. The molecular formula is C22H28O4S. The Kier molecular flexibility index (Phi) is 9.05. The van der Waals surface area contributed by atoms with Crippen LogP contribution in [0.2, 0.25) is 0 Å². The largest absolute Gasteiger partial charge is 0.485 e. The predicted octanol–water partition coefficient (Wildman–Crippen LogP) is 5.70. The molecule has 0 N–H and O–H groups in total. The van der Waals surface area contributed by atoms with E-state index in [1.165, 1.54) is 62.5 Å². The number of ketones is 1. The van der Waals surface area contributed by atoms with E-state index in [1.807, 2.05) is 12.1 Å². The summed E-state index contributed by atoms with van der Waals surface area (Å²) in [4.78, 5) is 24.1. The molecule has 2 rings (SSSR count).